The zero-order chi connectivity index (χ0) is 17.3. The minimum Gasteiger partial charge on any atom is -0.248 e. The second kappa shape index (κ2) is 5.88. The van der Waals surface area contributed by atoms with E-state index in [0.29, 0.717) is 0 Å². The van der Waals surface area contributed by atoms with Gasteiger partial charge in [0.2, 0.25) is 0 Å². The van der Waals surface area contributed by atoms with E-state index in [9.17, 15) is 0 Å². The Morgan fingerprint density at radius 3 is 2.22 bits per heavy atom. The second-order valence-electron chi connectivity index (χ2n) is 6.91. The Morgan fingerprint density at radius 1 is 0.741 bits per heavy atom. The number of nitrogens with zero attached hydrogens (tertiary/aromatic N) is 2. The van der Waals surface area contributed by atoms with Crippen LogP contribution in [0.4, 0.5) is 0 Å². The van der Waals surface area contributed by atoms with Gasteiger partial charge in [-0.05, 0) is 23.3 Å². The number of aromatic nitrogens is 2. The van der Waals surface area contributed by atoms with E-state index < -0.39 is 0 Å². The largest absolute Gasteiger partial charge is 0.248 e. The van der Waals surface area contributed by atoms with E-state index in [1.165, 1.54) is 44.1 Å². The summed E-state index contributed by atoms with van der Waals surface area (Å²) in [5.74, 6) is 0. The van der Waals surface area contributed by atoms with Crippen molar-refractivity contribution in [1.29, 1.82) is 0 Å². The van der Waals surface area contributed by atoms with E-state index in [0.717, 1.165) is 5.69 Å². The first-order valence-corrected chi connectivity index (χ1v) is 8.86. The summed E-state index contributed by atoms with van der Waals surface area (Å²) in [4.78, 5) is 0. The standard InChI is InChI=1S/C24H16N2.Ir/c1-25-15-26(23-12-5-4-11-22(23)25)21-14-13-19-17-8-3-2-7-16(17)18-9-6-10-20(21)24(18)19;/h2-13,15H,1H3;. The minimum absolute atomic E-state index is 0. The van der Waals surface area contributed by atoms with E-state index >= 15 is 0 Å². The van der Waals surface area contributed by atoms with Crippen LogP contribution < -0.4 is 0 Å². The number of para-hydroxylation sites is 2. The smallest absolute Gasteiger partial charge is 0.188 e. The summed E-state index contributed by atoms with van der Waals surface area (Å²) < 4.78 is 4.42. The average Bonchev–Trinajstić information content (AvgIpc) is 3.20. The van der Waals surface area contributed by atoms with Crippen molar-refractivity contribution in [2.24, 2.45) is 7.05 Å². The maximum absolute atomic E-state index is 3.58. The van der Waals surface area contributed by atoms with Crippen molar-refractivity contribution < 1.29 is 20.1 Å². The van der Waals surface area contributed by atoms with Gasteiger partial charge in [-0.2, -0.15) is 10.6 Å². The van der Waals surface area contributed by atoms with Gasteiger partial charge in [0.15, 0.2) is 17.4 Å². The van der Waals surface area contributed by atoms with Crippen LogP contribution in [0.2, 0.25) is 0 Å². The maximum atomic E-state index is 3.58. The van der Waals surface area contributed by atoms with Crippen LogP contribution in [0.5, 0.6) is 0 Å². The number of hydrogen-bond donors (Lipinski definition) is 0. The van der Waals surface area contributed by atoms with Crippen molar-refractivity contribution in [3.05, 3.63) is 85.2 Å². The van der Waals surface area contributed by atoms with Crippen molar-refractivity contribution in [3.8, 4) is 27.9 Å². The fourth-order valence-corrected chi connectivity index (χ4v) is 4.36. The molecule has 0 amide bonds. The van der Waals surface area contributed by atoms with Gasteiger partial charge in [-0.1, -0.05) is 53.4 Å². The number of fused-ring (bicyclic) bond motifs is 4. The predicted octanol–water partition coefficient (Wildman–Crippen LogP) is 5.85. The molecule has 4 aromatic carbocycles. The van der Waals surface area contributed by atoms with Gasteiger partial charge in [0.1, 0.15) is 0 Å². The van der Waals surface area contributed by atoms with E-state index in [4.69, 9.17) is 0 Å². The van der Waals surface area contributed by atoms with Gasteiger partial charge in [0.05, 0.1) is 0 Å². The first-order chi connectivity index (χ1) is 12.8. The topological polar surface area (TPSA) is 9.86 Å². The Balaban J connectivity index is 0.00000160. The van der Waals surface area contributed by atoms with Gasteiger partial charge in [0.25, 0.3) is 0 Å². The Bertz CT molecular complexity index is 1320. The molecule has 1 aliphatic rings. The monoisotopic (exact) mass is 525 g/mol. The first-order valence-electron chi connectivity index (χ1n) is 8.86. The van der Waals surface area contributed by atoms with Gasteiger partial charge in [-0.25, -0.2) is 4.57 Å². The van der Waals surface area contributed by atoms with E-state index in [1.54, 1.807) is 0 Å². The molecule has 0 aliphatic heterocycles. The van der Waals surface area contributed by atoms with Crippen molar-refractivity contribution in [1.82, 2.24) is 9.13 Å². The summed E-state index contributed by atoms with van der Waals surface area (Å²) >= 11 is 0. The molecule has 131 valence electrons. The summed E-state index contributed by atoms with van der Waals surface area (Å²) in [5.41, 5.74) is 8.76. The molecular formula is C24H16IrN2. The Kier molecular flexibility index (Phi) is 3.58. The molecular weight excluding hydrogens is 508 g/mol. The van der Waals surface area contributed by atoms with Crippen LogP contribution in [0.25, 0.3) is 49.7 Å². The van der Waals surface area contributed by atoms with Gasteiger partial charge in [-0.3, -0.25) is 0 Å². The fraction of sp³-hybridized carbons (Fsp3) is 0.0417. The third-order valence-electron chi connectivity index (χ3n) is 5.50. The normalized spacial score (nSPS) is 11.6. The molecule has 0 atom stereocenters. The number of aryl methyl sites for hydroxylation is 1. The Labute approximate surface area is 171 Å². The Morgan fingerprint density at radius 2 is 1.41 bits per heavy atom. The van der Waals surface area contributed by atoms with Crippen molar-refractivity contribution in [3.63, 3.8) is 0 Å². The van der Waals surface area contributed by atoms with Crippen LogP contribution in [0.3, 0.4) is 0 Å². The van der Waals surface area contributed by atoms with Crippen LogP contribution >= 0.6 is 0 Å². The second-order valence-corrected chi connectivity index (χ2v) is 6.91. The SMILES string of the molecule is Cn1[cH+]n(-c2[c-]cc3c4c(cccc24)-c2ccccc2-3)c2ccccc21.[Ir]. The van der Waals surface area contributed by atoms with Gasteiger partial charge in [0, 0.05) is 45.0 Å². The molecule has 0 saturated carbocycles. The Hall–Kier alpha value is -2.74. The van der Waals surface area contributed by atoms with Gasteiger partial charge >= 0.3 is 0 Å². The molecule has 0 saturated heterocycles. The molecule has 5 aromatic rings. The predicted molar refractivity (Wildman–Crippen MR) is 107 cm³/mol. The quantitative estimate of drug-likeness (QED) is 0.239. The molecule has 0 unspecified atom stereocenters. The summed E-state index contributed by atoms with van der Waals surface area (Å²) in [7, 11) is 2.09. The number of benzene rings is 4. The first kappa shape index (κ1) is 16.4. The number of imidazole rings is 1. The zero-order valence-electron chi connectivity index (χ0n) is 14.7. The molecule has 0 N–H and O–H groups in total. The molecule has 1 aromatic heterocycles. The van der Waals surface area contributed by atoms with Crippen LogP contribution in [-0.2, 0) is 27.2 Å². The van der Waals surface area contributed by atoms with Crippen LogP contribution in [0, 0.1) is 6.07 Å². The summed E-state index contributed by atoms with van der Waals surface area (Å²) in [5, 5.41) is 2.58. The summed E-state index contributed by atoms with van der Waals surface area (Å²) in [6, 6.07) is 29.5. The minimum atomic E-state index is 0. The van der Waals surface area contributed by atoms with Crippen LogP contribution in [-0.4, -0.2) is 9.13 Å². The van der Waals surface area contributed by atoms with Crippen molar-refractivity contribution in [2.75, 3.05) is 0 Å². The molecule has 1 aliphatic carbocycles. The van der Waals surface area contributed by atoms with Gasteiger partial charge in [-0.15, -0.1) is 17.0 Å². The summed E-state index contributed by atoms with van der Waals surface area (Å²) in [6.07, 6.45) is 2.15. The average molecular weight is 525 g/mol. The third kappa shape index (κ3) is 2.13. The van der Waals surface area contributed by atoms with E-state index in [2.05, 4.69) is 101 Å². The molecule has 27 heavy (non-hydrogen) atoms. The van der Waals surface area contributed by atoms with Gasteiger partial charge < -0.3 is 0 Å². The fourth-order valence-electron chi connectivity index (χ4n) is 4.36. The number of rotatable bonds is 1. The molecule has 1 heterocycles. The molecule has 1 radical (unpaired) electrons. The zero-order valence-corrected chi connectivity index (χ0v) is 17.1. The molecule has 0 bridgehead atoms. The molecule has 3 heteroatoms. The molecule has 6 rings (SSSR count). The molecule has 0 fully saturated rings. The summed E-state index contributed by atoms with van der Waals surface area (Å²) in [6.45, 7) is 0. The van der Waals surface area contributed by atoms with Crippen LogP contribution in [0.1, 0.15) is 0 Å². The van der Waals surface area contributed by atoms with Crippen molar-refractivity contribution >= 4 is 21.8 Å². The van der Waals surface area contributed by atoms with Crippen molar-refractivity contribution in [2.45, 2.75) is 0 Å². The maximum Gasteiger partial charge on any atom is 0.188 e. The number of hydrogen-bond acceptors (Lipinski definition) is 0. The molecule has 0 spiro atoms. The van der Waals surface area contributed by atoms with E-state index in [1.807, 2.05) is 0 Å². The van der Waals surface area contributed by atoms with Crippen LogP contribution in [0.15, 0.2) is 79.1 Å². The third-order valence-corrected chi connectivity index (χ3v) is 5.50. The van der Waals surface area contributed by atoms with E-state index in [-0.39, 0.29) is 20.1 Å². The molecule has 2 nitrogen and oxygen atoms in total.